The summed E-state index contributed by atoms with van der Waals surface area (Å²) in [6.45, 7) is 0.0691. The molecule has 4 rings (SSSR count). The number of methoxy groups -OCH3 is 1. The van der Waals surface area contributed by atoms with E-state index in [0.717, 1.165) is 24.4 Å². The fourth-order valence-electron chi connectivity index (χ4n) is 3.50. The van der Waals surface area contributed by atoms with E-state index in [4.69, 9.17) is 4.74 Å². The molecule has 0 saturated heterocycles. The van der Waals surface area contributed by atoms with Gasteiger partial charge in [0.15, 0.2) is 0 Å². The second kappa shape index (κ2) is 7.10. The average Bonchev–Trinajstić information content (AvgIpc) is 2.82. The van der Waals surface area contributed by atoms with Crippen LogP contribution in [0.4, 0.5) is 22.0 Å². The van der Waals surface area contributed by atoms with E-state index in [1.165, 1.54) is 17.7 Å². The second-order valence-corrected chi connectivity index (χ2v) is 8.83. The molecular weight excluding hydrogens is 415 g/mol. The molecule has 0 saturated carbocycles. The van der Waals surface area contributed by atoms with Crippen LogP contribution in [-0.2, 0) is 17.5 Å². The largest absolute Gasteiger partial charge is 0.416 e. The number of rotatable bonds is 2. The third-order valence-corrected chi connectivity index (χ3v) is 7.50. The monoisotopic (exact) mass is 430 g/mol. The van der Waals surface area contributed by atoms with E-state index in [2.05, 4.69) is 4.98 Å². The summed E-state index contributed by atoms with van der Waals surface area (Å²) in [5, 5.41) is 0.126. The molecule has 2 aromatic carbocycles. The van der Waals surface area contributed by atoms with Crippen molar-refractivity contribution in [3.8, 4) is 0 Å². The van der Waals surface area contributed by atoms with Gasteiger partial charge in [-0.15, -0.1) is 0 Å². The number of thiol groups is 1. The number of hydrogen-bond donors (Lipinski definition) is 1. The van der Waals surface area contributed by atoms with E-state index in [9.17, 15) is 26.7 Å². The van der Waals surface area contributed by atoms with E-state index in [-0.39, 0.29) is 33.0 Å². The maximum atomic E-state index is 14.6. The van der Waals surface area contributed by atoms with Gasteiger partial charge < -0.3 is 4.74 Å². The van der Waals surface area contributed by atoms with Crippen molar-refractivity contribution in [2.45, 2.75) is 28.6 Å². The van der Waals surface area contributed by atoms with Crippen molar-refractivity contribution in [2.75, 3.05) is 12.9 Å². The van der Waals surface area contributed by atoms with Gasteiger partial charge in [-0.1, -0.05) is 0 Å². The third-order valence-electron chi connectivity index (χ3n) is 4.86. The van der Waals surface area contributed by atoms with Crippen molar-refractivity contribution in [1.29, 1.82) is 0 Å². The van der Waals surface area contributed by atoms with Crippen LogP contribution in [0.15, 0.2) is 51.1 Å². The zero-order chi connectivity index (χ0) is 20.9. The van der Waals surface area contributed by atoms with Crippen LogP contribution in [0.2, 0.25) is 0 Å². The summed E-state index contributed by atoms with van der Waals surface area (Å²) in [6.07, 6.45) is -4.10. The van der Waals surface area contributed by atoms with Crippen molar-refractivity contribution in [3.63, 3.8) is 0 Å². The predicted octanol–water partition coefficient (Wildman–Crippen LogP) is 4.14. The summed E-state index contributed by atoms with van der Waals surface area (Å²) in [5.41, 5.74) is -1.28. The molecule has 29 heavy (non-hydrogen) atoms. The van der Waals surface area contributed by atoms with Crippen LogP contribution in [0.25, 0.3) is 10.9 Å². The first kappa shape index (κ1) is 19.8. The van der Waals surface area contributed by atoms with Gasteiger partial charge in [-0.05, 0) is 24.3 Å². The van der Waals surface area contributed by atoms with Gasteiger partial charge in [-0.3, -0.25) is 4.57 Å². The normalized spacial score (nSPS) is 20.6. The first-order valence-corrected chi connectivity index (χ1v) is 10.1. The zero-order valence-electron chi connectivity index (χ0n) is 15.0. The number of halogens is 5. The van der Waals surface area contributed by atoms with Crippen molar-refractivity contribution in [1.82, 2.24) is 9.55 Å². The van der Waals surface area contributed by atoms with Crippen LogP contribution < -0.4 is 5.69 Å². The molecule has 0 bridgehead atoms. The Labute approximate surface area is 164 Å². The van der Waals surface area contributed by atoms with Gasteiger partial charge in [0.1, 0.15) is 11.6 Å². The van der Waals surface area contributed by atoms with Gasteiger partial charge in [-0.2, -0.15) is 24.1 Å². The predicted molar refractivity (Wildman–Crippen MR) is 98.5 cm³/mol. The van der Waals surface area contributed by atoms with Crippen molar-refractivity contribution >= 4 is 21.8 Å². The van der Waals surface area contributed by atoms with Gasteiger partial charge in [-0.25, -0.2) is 18.6 Å². The average molecular weight is 430 g/mol. The SMILES string of the molecule is COC1Cn2c(=O)ncc3cc(C(F)(F)F)cc(c32)[SH](c2ccc(F)cc2F)C1. The molecule has 0 amide bonds. The Kier molecular flexibility index (Phi) is 4.86. The Hall–Kier alpha value is -2.46. The van der Waals surface area contributed by atoms with E-state index in [1.807, 2.05) is 0 Å². The molecule has 2 atom stereocenters. The Morgan fingerprint density at radius 1 is 1.17 bits per heavy atom. The minimum absolute atomic E-state index is 0.0691. The first-order valence-electron chi connectivity index (χ1n) is 8.55. The topological polar surface area (TPSA) is 44.1 Å². The Bertz CT molecular complexity index is 1160. The number of aromatic nitrogens is 2. The lowest BCUT2D eigenvalue weighted by molar-refractivity contribution is -0.137. The molecule has 0 spiro atoms. The van der Waals surface area contributed by atoms with Gasteiger partial charge in [0.2, 0.25) is 0 Å². The lowest BCUT2D eigenvalue weighted by atomic mass is 10.1. The Morgan fingerprint density at radius 2 is 1.93 bits per heavy atom. The molecule has 1 aliphatic rings. The summed E-state index contributed by atoms with van der Waals surface area (Å²) >= 11 is 0. The van der Waals surface area contributed by atoms with E-state index >= 15 is 0 Å². The minimum Gasteiger partial charge on any atom is -0.379 e. The molecule has 2 unspecified atom stereocenters. The van der Waals surface area contributed by atoms with Crippen LogP contribution in [-0.4, -0.2) is 28.5 Å². The fraction of sp³-hybridized carbons (Fsp3) is 0.263. The van der Waals surface area contributed by atoms with Crippen molar-refractivity contribution in [2.24, 2.45) is 0 Å². The number of alkyl halides is 3. The van der Waals surface area contributed by atoms with E-state index in [0.29, 0.717) is 6.07 Å². The summed E-state index contributed by atoms with van der Waals surface area (Å²) in [6, 6.07) is 4.88. The third kappa shape index (κ3) is 3.51. The maximum Gasteiger partial charge on any atom is 0.416 e. The molecule has 0 radical (unpaired) electrons. The van der Waals surface area contributed by atoms with Crippen LogP contribution >= 0.6 is 10.9 Å². The molecule has 3 aromatic rings. The molecule has 0 aliphatic carbocycles. The van der Waals surface area contributed by atoms with Crippen molar-refractivity contribution in [3.05, 3.63) is 64.2 Å². The lowest BCUT2D eigenvalue weighted by Crippen LogP contribution is -2.29. The standard InChI is InChI=1S/C19H15F5N2O2S/c1-28-13-8-26-17-10(7-25-18(26)27)4-11(19(22,23)24)5-16(17)29(9-13)15-3-2-12(20)6-14(15)21/h2-7,13,29H,8-9H2,1H3. The summed E-state index contributed by atoms with van der Waals surface area (Å²) in [5.74, 6) is -1.46. The Balaban J connectivity index is 2.08. The highest BCUT2D eigenvalue weighted by Crippen LogP contribution is 2.51. The summed E-state index contributed by atoms with van der Waals surface area (Å²) < 4.78 is 75.2. The fourth-order valence-corrected chi connectivity index (χ4v) is 6.21. The molecular formula is C19H15F5N2O2S. The van der Waals surface area contributed by atoms with Crippen LogP contribution in [0, 0.1) is 11.6 Å². The molecule has 10 heteroatoms. The zero-order valence-corrected chi connectivity index (χ0v) is 15.9. The highest BCUT2D eigenvalue weighted by Gasteiger charge is 2.34. The van der Waals surface area contributed by atoms with Crippen molar-refractivity contribution < 1.29 is 26.7 Å². The maximum absolute atomic E-state index is 14.6. The van der Waals surface area contributed by atoms with E-state index in [1.54, 1.807) is 0 Å². The summed E-state index contributed by atoms with van der Waals surface area (Å²) in [7, 11) is -0.295. The molecule has 0 N–H and O–H groups in total. The van der Waals surface area contributed by atoms with Gasteiger partial charge in [0.05, 0.1) is 23.7 Å². The van der Waals surface area contributed by atoms with Gasteiger partial charge >= 0.3 is 11.9 Å². The number of benzene rings is 2. The molecule has 4 nitrogen and oxygen atoms in total. The Morgan fingerprint density at radius 3 is 2.59 bits per heavy atom. The highest BCUT2D eigenvalue weighted by atomic mass is 32.2. The number of hydrogen-bond acceptors (Lipinski definition) is 3. The first-order chi connectivity index (χ1) is 13.7. The van der Waals surface area contributed by atoms with Gasteiger partial charge in [0, 0.05) is 40.3 Å². The highest BCUT2D eigenvalue weighted by molar-refractivity contribution is 8.17. The lowest BCUT2D eigenvalue weighted by Gasteiger charge is -2.25. The molecule has 1 aromatic heterocycles. The number of nitrogens with zero attached hydrogens (tertiary/aromatic N) is 2. The second-order valence-electron chi connectivity index (χ2n) is 6.65. The minimum atomic E-state index is -4.64. The molecule has 2 heterocycles. The van der Waals surface area contributed by atoms with Gasteiger partial charge in [0.25, 0.3) is 0 Å². The molecule has 1 aliphatic heterocycles. The molecule has 0 fully saturated rings. The smallest absolute Gasteiger partial charge is 0.379 e. The molecule has 154 valence electrons. The van der Waals surface area contributed by atoms with E-state index < -0.39 is 46.1 Å². The van der Waals surface area contributed by atoms with Crippen LogP contribution in [0.5, 0.6) is 0 Å². The van der Waals surface area contributed by atoms with Crippen LogP contribution in [0.1, 0.15) is 5.56 Å². The van der Waals surface area contributed by atoms with Crippen LogP contribution in [0.3, 0.4) is 0 Å². The number of ether oxygens (including phenoxy) is 1. The quantitative estimate of drug-likeness (QED) is 0.491. The summed E-state index contributed by atoms with van der Waals surface area (Å²) in [4.78, 5) is 16.3.